The monoisotopic (exact) mass is 754 g/mol. The highest BCUT2D eigenvalue weighted by atomic mass is 31.2. The summed E-state index contributed by atoms with van der Waals surface area (Å²) in [5.41, 5.74) is 9.10. The quantitative estimate of drug-likeness (QED) is 0.0949. The van der Waals surface area contributed by atoms with Crippen molar-refractivity contribution in [3.63, 3.8) is 0 Å². The highest BCUT2D eigenvalue weighted by molar-refractivity contribution is 7.47. The highest BCUT2D eigenvalue weighted by Crippen LogP contribution is 2.54. The van der Waals surface area contributed by atoms with Gasteiger partial charge < -0.3 is 50.1 Å². The molecular formula is C20H25N10O16P3. The van der Waals surface area contributed by atoms with Crippen LogP contribution in [0.15, 0.2) is 22.2 Å². The Balaban J connectivity index is 1.21. The highest BCUT2D eigenvalue weighted by Gasteiger charge is 2.55. The maximum Gasteiger partial charge on any atom is 0.472 e. The molecule has 3 aliphatic heterocycles. The molecule has 0 saturated carbocycles. The summed E-state index contributed by atoms with van der Waals surface area (Å²) in [7, 11) is -13.6. The van der Waals surface area contributed by atoms with E-state index in [1.807, 2.05) is 0 Å². The number of phosphoric acid groups is 2. The summed E-state index contributed by atoms with van der Waals surface area (Å²) in [6.45, 7) is -1.87. The minimum atomic E-state index is -5.22. The molecule has 0 amide bonds. The summed E-state index contributed by atoms with van der Waals surface area (Å²) in [5.74, 6) is -0.626. The van der Waals surface area contributed by atoms with Gasteiger partial charge >= 0.3 is 24.2 Å². The van der Waals surface area contributed by atoms with E-state index in [4.69, 9.17) is 43.6 Å². The number of ether oxygens (including phenoxy) is 2. The summed E-state index contributed by atoms with van der Waals surface area (Å²) in [5, 5.41) is 11.2. The Morgan fingerprint density at radius 2 is 1.31 bits per heavy atom. The van der Waals surface area contributed by atoms with Crippen LogP contribution in [-0.2, 0) is 41.2 Å². The van der Waals surface area contributed by atoms with Crippen molar-refractivity contribution >= 4 is 58.5 Å². The van der Waals surface area contributed by atoms with Gasteiger partial charge in [-0.15, -0.1) is 0 Å². The van der Waals surface area contributed by atoms with Gasteiger partial charge in [0.1, 0.15) is 36.6 Å². The molecule has 0 bridgehead atoms. The predicted octanol–water partition coefficient (Wildman–Crippen LogP) is -2.81. The third-order valence-corrected chi connectivity index (χ3v) is 9.98. The van der Waals surface area contributed by atoms with Gasteiger partial charge in [-0.25, -0.2) is 19.1 Å². The van der Waals surface area contributed by atoms with Crippen LogP contribution in [0.3, 0.4) is 0 Å². The van der Waals surface area contributed by atoms with Crippen molar-refractivity contribution in [1.82, 2.24) is 39.0 Å². The first-order chi connectivity index (χ1) is 23.1. The minimum Gasteiger partial charge on any atom is -0.386 e. The Bertz CT molecular complexity index is 2120. The lowest BCUT2D eigenvalue weighted by molar-refractivity contribution is -0.0663. The van der Waals surface area contributed by atoms with E-state index in [1.54, 1.807) is 0 Å². The first kappa shape index (κ1) is 34.2. The molecule has 7 heterocycles. The number of hydrogen-bond donors (Lipinski definition) is 9. The Morgan fingerprint density at radius 1 is 0.837 bits per heavy atom. The molecule has 29 heteroatoms. The van der Waals surface area contributed by atoms with Gasteiger partial charge in [0.2, 0.25) is 11.9 Å². The molecule has 3 fully saturated rings. The fourth-order valence-corrected chi connectivity index (χ4v) is 7.96. The molecule has 11 N–H and O–H groups in total. The summed E-state index contributed by atoms with van der Waals surface area (Å²) in [6, 6.07) is 0. The number of aromatic nitrogens is 8. The van der Waals surface area contributed by atoms with Gasteiger partial charge in [-0.1, -0.05) is 0 Å². The normalized spacial score (nSPS) is 35.7. The number of aromatic amines is 2. The first-order valence-electron chi connectivity index (χ1n) is 13.7. The van der Waals surface area contributed by atoms with Crippen LogP contribution in [-0.4, -0.2) is 114 Å². The Labute approximate surface area is 270 Å². The molecular weight excluding hydrogens is 729 g/mol. The average Bonchev–Trinajstić information content (AvgIpc) is 3.76. The van der Waals surface area contributed by atoms with Crippen molar-refractivity contribution < 1.29 is 65.9 Å². The lowest BCUT2D eigenvalue weighted by Crippen LogP contribution is -2.39. The van der Waals surface area contributed by atoms with Crippen LogP contribution >= 0.6 is 24.2 Å². The molecule has 4 aromatic rings. The maximum absolute atomic E-state index is 13.3. The number of nitrogens with two attached hydrogens (primary N) is 2. The van der Waals surface area contributed by atoms with Crippen LogP contribution in [0.4, 0.5) is 11.9 Å². The van der Waals surface area contributed by atoms with Crippen molar-refractivity contribution in [3.8, 4) is 0 Å². The second-order valence-corrected chi connectivity index (χ2v) is 14.2. The summed E-state index contributed by atoms with van der Waals surface area (Å²) in [4.78, 5) is 85.9. The average molecular weight is 754 g/mol. The third kappa shape index (κ3) is 6.42. The Hall–Kier alpha value is -3.29. The van der Waals surface area contributed by atoms with Gasteiger partial charge in [-0.3, -0.25) is 46.8 Å². The molecule has 26 nitrogen and oxygen atoms in total. The number of imidazole rings is 2. The zero-order chi connectivity index (χ0) is 35.0. The predicted molar refractivity (Wildman–Crippen MR) is 156 cm³/mol. The molecule has 0 aliphatic carbocycles. The number of rotatable bonds is 4. The number of phosphoric ester groups is 2. The molecule has 10 atom stereocenters. The molecule has 0 aromatic carbocycles. The van der Waals surface area contributed by atoms with E-state index in [-0.39, 0.29) is 34.2 Å². The van der Waals surface area contributed by atoms with Crippen molar-refractivity contribution in [2.75, 3.05) is 24.7 Å². The largest absolute Gasteiger partial charge is 0.472 e. The molecule has 0 radical (unpaired) electrons. The zero-order valence-electron chi connectivity index (χ0n) is 24.1. The molecule has 4 unspecified atom stereocenters. The number of fused-ring (bicyclic) bond motifs is 4. The minimum absolute atomic E-state index is 0.144. The number of anilines is 2. The standard InChI is InChI=1S/C20H25N10O16P3/c21-19-25-13-7(15(32)27-19)23-3-29(13)17-9(31)10-5(42-17)1-40-49(38,39)46-11-6(2-41-48(36,37)45-10)43-18(12(11)44-47(34)35)30-4-24-8-14(30)26-20(22)28-16(8)33/h3-6,9-12,17-18,31,34-35H,1-2H2,(H,36,37)(H,38,39)(H3,21,25,27,32)(H3,22,26,28,33)/t5-,6+,9?,10-,11-,12?,17+,18+/m0/s1. The SMILES string of the molecule is Nc1nc2c(ncn2[C@@H]2O[C@H]3COP(=O)(O)O[C@@H]4C(OP(O)O)[C@H](n5cnc6c(=O)[nH]c(N)nc65)O[C@@H]4COP(=O)(O)O[C@@H]3C2O)c(=O)[nH]1. The fraction of sp³-hybridized carbons (Fsp3) is 0.500. The van der Waals surface area contributed by atoms with E-state index >= 15 is 0 Å². The first-order valence-corrected chi connectivity index (χ1v) is 17.9. The van der Waals surface area contributed by atoms with Crippen LogP contribution in [0.2, 0.25) is 0 Å². The Kier molecular flexibility index (Phi) is 8.71. The van der Waals surface area contributed by atoms with Crippen molar-refractivity contribution in [2.45, 2.75) is 49.1 Å². The second kappa shape index (κ2) is 12.5. The third-order valence-electron chi connectivity index (χ3n) is 7.57. The van der Waals surface area contributed by atoms with Crippen LogP contribution in [0.25, 0.3) is 22.3 Å². The van der Waals surface area contributed by atoms with E-state index < -0.39 is 97.7 Å². The zero-order valence-corrected chi connectivity index (χ0v) is 26.8. The van der Waals surface area contributed by atoms with E-state index in [9.17, 15) is 43.4 Å². The Morgan fingerprint density at radius 3 is 1.84 bits per heavy atom. The fourth-order valence-electron chi connectivity index (χ4n) is 5.59. The lowest BCUT2D eigenvalue weighted by Gasteiger charge is -2.28. The molecule has 4 aromatic heterocycles. The second-order valence-electron chi connectivity index (χ2n) is 10.7. The van der Waals surface area contributed by atoms with Crippen LogP contribution in [0.5, 0.6) is 0 Å². The van der Waals surface area contributed by atoms with Gasteiger partial charge in [0.25, 0.3) is 11.1 Å². The molecule has 49 heavy (non-hydrogen) atoms. The van der Waals surface area contributed by atoms with Crippen molar-refractivity contribution in [1.29, 1.82) is 0 Å². The number of nitrogen functional groups attached to an aromatic ring is 2. The van der Waals surface area contributed by atoms with Gasteiger partial charge in [0.05, 0.1) is 25.9 Å². The van der Waals surface area contributed by atoms with Crippen LogP contribution in [0, 0.1) is 0 Å². The summed E-state index contributed by atoms with van der Waals surface area (Å²) < 4.78 is 66.4. The van der Waals surface area contributed by atoms with Gasteiger partial charge in [-0.05, 0) is 0 Å². The smallest absolute Gasteiger partial charge is 0.386 e. The molecule has 7 rings (SSSR count). The molecule has 3 aliphatic rings. The maximum atomic E-state index is 13.3. The number of nitrogens with one attached hydrogen (secondary N) is 2. The van der Waals surface area contributed by atoms with Crippen LogP contribution < -0.4 is 22.6 Å². The number of nitrogens with zero attached hydrogens (tertiary/aromatic N) is 6. The molecule has 3 saturated heterocycles. The van der Waals surface area contributed by atoms with E-state index in [2.05, 4.69) is 29.9 Å². The summed E-state index contributed by atoms with van der Waals surface area (Å²) >= 11 is 0. The number of hydrogen-bond acceptors (Lipinski definition) is 20. The summed E-state index contributed by atoms with van der Waals surface area (Å²) in [6.07, 6.45) is -11.3. The molecule has 266 valence electrons. The number of aliphatic hydroxyl groups excluding tert-OH is 1. The number of aliphatic hydroxyl groups is 1. The van der Waals surface area contributed by atoms with E-state index in [1.165, 1.54) is 0 Å². The van der Waals surface area contributed by atoms with Crippen molar-refractivity contribution in [2.24, 2.45) is 0 Å². The topological polar surface area (TPSA) is 379 Å². The van der Waals surface area contributed by atoms with Gasteiger partial charge in [0.15, 0.2) is 34.8 Å². The number of H-pyrrole nitrogens is 2. The van der Waals surface area contributed by atoms with Gasteiger partial charge in [0, 0.05) is 0 Å². The lowest BCUT2D eigenvalue weighted by atomic mass is 10.1. The van der Waals surface area contributed by atoms with Crippen molar-refractivity contribution in [3.05, 3.63) is 33.4 Å². The molecule has 0 spiro atoms. The van der Waals surface area contributed by atoms with E-state index in [0.29, 0.717) is 0 Å². The van der Waals surface area contributed by atoms with E-state index in [0.717, 1.165) is 21.8 Å². The van der Waals surface area contributed by atoms with Gasteiger partial charge in [-0.2, -0.15) is 9.97 Å². The van der Waals surface area contributed by atoms with Crippen LogP contribution in [0.1, 0.15) is 12.5 Å².